The van der Waals surface area contributed by atoms with E-state index in [1.807, 2.05) is 12.1 Å². The van der Waals surface area contributed by atoms with Gasteiger partial charge >= 0.3 is 0 Å². The first-order valence-electron chi connectivity index (χ1n) is 11.3. The lowest BCUT2D eigenvalue weighted by molar-refractivity contribution is 0.0963. The number of amides is 1. The summed E-state index contributed by atoms with van der Waals surface area (Å²) in [7, 11) is -2.16. The lowest BCUT2D eigenvalue weighted by atomic mass is 9.87. The molecule has 5 rings (SSSR count). The van der Waals surface area contributed by atoms with Crippen LogP contribution < -0.4 is 15.4 Å². The van der Waals surface area contributed by atoms with Gasteiger partial charge in [0, 0.05) is 54.2 Å². The molecule has 3 aromatic heterocycles. The minimum atomic E-state index is -3.73. The Bertz CT molecular complexity index is 1600. The van der Waals surface area contributed by atoms with Crippen molar-refractivity contribution in [1.82, 2.24) is 25.0 Å². The Hall–Kier alpha value is -4.27. The highest BCUT2D eigenvalue weighted by Gasteiger charge is 2.33. The molecule has 0 bridgehead atoms. The zero-order valence-corrected chi connectivity index (χ0v) is 20.1. The van der Waals surface area contributed by atoms with Crippen LogP contribution in [0.5, 0.6) is 0 Å². The van der Waals surface area contributed by atoms with Gasteiger partial charge in [-0.3, -0.25) is 9.78 Å². The fourth-order valence-corrected chi connectivity index (χ4v) is 5.58. The molecule has 4 N–H and O–H groups in total. The molecule has 182 valence electrons. The third kappa shape index (κ3) is 4.51. The molecule has 36 heavy (non-hydrogen) atoms. The molecule has 1 aliphatic rings. The summed E-state index contributed by atoms with van der Waals surface area (Å²) in [4.78, 5) is 24.2. The van der Waals surface area contributed by atoms with Gasteiger partial charge in [0.1, 0.15) is 5.65 Å². The van der Waals surface area contributed by atoms with E-state index in [1.54, 1.807) is 49.9 Å². The maximum Gasteiger partial charge on any atom is 0.251 e. The van der Waals surface area contributed by atoms with Gasteiger partial charge in [0.15, 0.2) is 0 Å². The molecule has 1 aliphatic carbocycles. The molecule has 0 atom stereocenters. The summed E-state index contributed by atoms with van der Waals surface area (Å²) in [6.45, 7) is 0. The van der Waals surface area contributed by atoms with Gasteiger partial charge in [0.25, 0.3) is 5.91 Å². The van der Waals surface area contributed by atoms with E-state index in [-0.39, 0.29) is 22.9 Å². The molecular formula is C25H23N7O3S. The van der Waals surface area contributed by atoms with Crippen molar-refractivity contribution in [2.45, 2.75) is 29.8 Å². The van der Waals surface area contributed by atoms with Crippen LogP contribution in [0, 0.1) is 11.3 Å². The Morgan fingerprint density at radius 2 is 1.97 bits per heavy atom. The van der Waals surface area contributed by atoms with E-state index in [2.05, 4.69) is 30.3 Å². The number of hydrogen-bond donors (Lipinski definition) is 4. The number of rotatable bonds is 7. The van der Waals surface area contributed by atoms with E-state index >= 15 is 0 Å². The topological polar surface area (TPSA) is 153 Å². The number of nitriles is 1. The number of benzene rings is 1. The van der Waals surface area contributed by atoms with Crippen LogP contribution in [0.3, 0.4) is 0 Å². The predicted molar refractivity (Wildman–Crippen MR) is 135 cm³/mol. The number of nitrogens with one attached hydrogen (secondary N) is 4. The largest absolute Gasteiger partial charge is 0.381 e. The minimum absolute atomic E-state index is 0.0181. The number of carbonyl (C=O) groups excluding carboxylic acids is 1. The molecule has 0 radical (unpaired) electrons. The lowest BCUT2D eigenvalue weighted by Crippen LogP contribution is -2.49. The molecule has 4 aromatic rings. The third-order valence-electron chi connectivity index (χ3n) is 6.19. The number of fused-ring (bicyclic) bond motifs is 1. The molecule has 0 unspecified atom stereocenters. The normalized spacial score (nSPS) is 17.2. The van der Waals surface area contributed by atoms with Crippen LogP contribution in [0.2, 0.25) is 0 Å². The molecule has 1 saturated carbocycles. The number of aromatic nitrogens is 3. The average molecular weight is 502 g/mol. The molecule has 0 aliphatic heterocycles. The van der Waals surface area contributed by atoms with Crippen molar-refractivity contribution >= 4 is 32.7 Å². The number of anilines is 1. The van der Waals surface area contributed by atoms with Crippen molar-refractivity contribution in [1.29, 1.82) is 5.26 Å². The highest BCUT2D eigenvalue weighted by Crippen LogP contribution is 2.36. The summed E-state index contributed by atoms with van der Waals surface area (Å²) in [5.41, 5.74) is 3.64. The number of nitrogens with zero attached hydrogens (tertiary/aromatic N) is 3. The van der Waals surface area contributed by atoms with E-state index in [4.69, 9.17) is 5.26 Å². The van der Waals surface area contributed by atoms with Crippen LogP contribution in [-0.4, -0.2) is 48.4 Å². The number of aromatic amines is 1. The van der Waals surface area contributed by atoms with E-state index in [9.17, 15) is 13.2 Å². The van der Waals surface area contributed by atoms with Crippen molar-refractivity contribution in [3.05, 3.63) is 72.2 Å². The van der Waals surface area contributed by atoms with Gasteiger partial charge in [0.05, 0.1) is 27.9 Å². The second-order valence-electron chi connectivity index (χ2n) is 8.57. The van der Waals surface area contributed by atoms with Crippen LogP contribution in [-0.2, 0) is 10.0 Å². The lowest BCUT2D eigenvalue weighted by Gasteiger charge is -2.37. The Kier molecular flexibility index (Phi) is 6.13. The first kappa shape index (κ1) is 23.5. The monoisotopic (exact) mass is 501 g/mol. The number of pyridine rings is 2. The summed E-state index contributed by atoms with van der Waals surface area (Å²) >= 11 is 0. The van der Waals surface area contributed by atoms with Crippen LogP contribution >= 0.6 is 0 Å². The van der Waals surface area contributed by atoms with E-state index in [1.165, 1.54) is 12.1 Å². The zero-order valence-electron chi connectivity index (χ0n) is 19.3. The SMILES string of the molecule is CNC(=O)c1ccnc(-c2cnc3[nH]ccc3c2N[C@H]2C[C@@H](NS(=O)(=O)c3cccc(C#N)c3)C2)c1. The highest BCUT2D eigenvalue weighted by molar-refractivity contribution is 7.89. The van der Waals surface area contributed by atoms with E-state index < -0.39 is 10.0 Å². The summed E-state index contributed by atoms with van der Waals surface area (Å²) in [5, 5.41) is 16.1. The number of carbonyl (C=O) groups is 1. The molecule has 1 fully saturated rings. The smallest absolute Gasteiger partial charge is 0.251 e. The molecule has 3 heterocycles. The van der Waals surface area contributed by atoms with Gasteiger partial charge in [-0.15, -0.1) is 0 Å². The Balaban J connectivity index is 1.35. The Morgan fingerprint density at radius 1 is 1.14 bits per heavy atom. The van der Waals surface area contributed by atoms with Crippen LogP contribution in [0.4, 0.5) is 5.69 Å². The zero-order chi connectivity index (χ0) is 25.3. The quantitative estimate of drug-likeness (QED) is 0.304. The van der Waals surface area contributed by atoms with Crippen LogP contribution in [0.1, 0.15) is 28.8 Å². The first-order chi connectivity index (χ1) is 17.4. The van der Waals surface area contributed by atoms with Gasteiger partial charge in [-0.2, -0.15) is 5.26 Å². The van der Waals surface area contributed by atoms with Gasteiger partial charge in [0.2, 0.25) is 10.0 Å². The second kappa shape index (κ2) is 9.41. The van der Waals surface area contributed by atoms with Crippen molar-refractivity contribution in [2.24, 2.45) is 0 Å². The first-order valence-corrected chi connectivity index (χ1v) is 12.8. The second-order valence-corrected chi connectivity index (χ2v) is 10.3. The Labute approximate surface area is 207 Å². The Morgan fingerprint density at radius 3 is 2.75 bits per heavy atom. The number of hydrogen-bond acceptors (Lipinski definition) is 7. The fourth-order valence-electron chi connectivity index (χ4n) is 4.28. The van der Waals surface area contributed by atoms with Crippen molar-refractivity contribution in [3.63, 3.8) is 0 Å². The molecule has 0 saturated heterocycles. The molecular weight excluding hydrogens is 478 g/mol. The molecule has 1 aromatic carbocycles. The van der Waals surface area contributed by atoms with Gasteiger partial charge in [-0.25, -0.2) is 18.1 Å². The minimum Gasteiger partial charge on any atom is -0.381 e. The van der Waals surface area contributed by atoms with E-state index in [0.717, 1.165) is 16.6 Å². The average Bonchev–Trinajstić information content (AvgIpc) is 3.36. The highest BCUT2D eigenvalue weighted by atomic mass is 32.2. The molecule has 10 nitrogen and oxygen atoms in total. The van der Waals surface area contributed by atoms with Crippen molar-refractivity contribution in [2.75, 3.05) is 12.4 Å². The van der Waals surface area contributed by atoms with Gasteiger partial charge in [-0.05, 0) is 49.2 Å². The molecule has 0 spiro atoms. The third-order valence-corrected chi connectivity index (χ3v) is 7.71. The van der Waals surface area contributed by atoms with Gasteiger partial charge in [-0.1, -0.05) is 6.07 Å². The summed E-state index contributed by atoms with van der Waals surface area (Å²) in [6, 6.07) is 13.0. The van der Waals surface area contributed by atoms with Crippen molar-refractivity contribution < 1.29 is 13.2 Å². The number of sulfonamides is 1. The van der Waals surface area contributed by atoms with Crippen LogP contribution in [0.25, 0.3) is 22.3 Å². The molecule has 11 heteroatoms. The standard InChI is InChI=1S/C25H23N7O3S/c1-27-25(33)16-5-7-28-22(10-16)21-14-30-24-20(6-8-29-24)23(21)31-17-11-18(12-17)32-36(34,35)19-4-2-3-15(9-19)13-26/h2-10,14,17-18,32H,11-12H2,1H3,(H,27,33)(H2,29,30,31)/t17-,18+. The summed E-state index contributed by atoms with van der Waals surface area (Å²) in [6.07, 6.45) is 6.25. The molecule has 1 amide bonds. The predicted octanol–water partition coefficient (Wildman–Crippen LogP) is 2.78. The van der Waals surface area contributed by atoms with Crippen molar-refractivity contribution in [3.8, 4) is 17.3 Å². The summed E-state index contributed by atoms with van der Waals surface area (Å²) < 4.78 is 28.3. The van der Waals surface area contributed by atoms with Gasteiger partial charge < -0.3 is 15.6 Å². The maximum absolute atomic E-state index is 12.8. The fraction of sp³-hybridized carbons (Fsp3) is 0.200. The maximum atomic E-state index is 12.8. The summed E-state index contributed by atoms with van der Waals surface area (Å²) in [5.74, 6) is -0.210. The van der Waals surface area contributed by atoms with E-state index in [0.29, 0.717) is 35.3 Å². The number of H-pyrrole nitrogens is 1. The van der Waals surface area contributed by atoms with Crippen LogP contribution in [0.15, 0.2) is 66.0 Å².